The molecule has 0 aromatic heterocycles. The van der Waals surface area contributed by atoms with Crippen molar-refractivity contribution in [2.75, 3.05) is 0 Å². The molecule has 1 aliphatic heterocycles. The minimum atomic E-state index is 0.385. The second-order valence-corrected chi connectivity index (χ2v) is 5.99. The maximum atomic E-state index is 4.86. The average molecular weight is 261 g/mol. The van der Waals surface area contributed by atoms with E-state index in [1.54, 1.807) is 11.1 Å². The van der Waals surface area contributed by atoms with E-state index in [0.29, 0.717) is 6.04 Å². The highest BCUT2D eigenvalue weighted by atomic mass is 14.9. The minimum absolute atomic E-state index is 0.385. The van der Waals surface area contributed by atoms with Crippen LogP contribution in [0.3, 0.4) is 0 Å². The average Bonchev–Trinajstić information content (AvgIpc) is 2.85. The van der Waals surface area contributed by atoms with Crippen LogP contribution in [-0.4, -0.2) is 5.71 Å². The summed E-state index contributed by atoms with van der Waals surface area (Å²) in [5.41, 5.74) is 8.54. The minimum Gasteiger partial charge on any atom is -0.281 e. The van der Waals surface area contributed by atoms with Crippen LogP contribution in [0, 0.1) is 6.92 Å². The van der Waals surface area contributed by atoms with Crippen LogP contribution in [-0.2, 0) is 12.8 Å². The van der Waals surface area contributed by atoms with Crippen molar-refractivity contribution in [2.45, 2.75) is 38.6 Å². The summed E-state index contributed by atoms with van der Waals surface area (Å²) in [4.78, 5) is 4.86. The Hall–Kier alpha value is -1.89. The van der Waals surface area contributed by atoms with Gasteiger partial charge in [-0.15, -0.1) is 0 Å². The normalized spacial score (nSPS) is 20.2. The summed E-state index contributed by atoms with van der Waals surface area (Å²) in [7, 11) is 0. The molecule has 0 amide bonds. The van der Waals surface area contributed by atoms with E-state index in [1.165, 1.54) is 41.7 Å². The van der Waals surface area contributed by atoms with Gasteiger partial charge in [0.1, 0.15) is 0 Å². The van der Waals surface area contributed by atoms with Gasteiger partial charge in [-0.05, 0) is 54.0 Å². The molecule has 2 aliphatic rings. The van der Waals surface area contributed by atoms with Crippen LogP contribution in [0.25, 0.3) is 0 Å². The first-order chi connectivity index (χ1) is 9.81. The van der Waals surface area contributed by atoms with Crippen molar-refractivity contribution in [3.8, 4) is 0 Å². The van der Waals surface area contributed by atoms with Crippen LogP contribution in [0.15, 0.2) is 47.5 Å². The van der Waals surface area contributed by atoms with Crippen LogP contribution in [0.4, 0.5) is 0 Å². The summed E-state index contributed by atoms with van der Waals surface area (Å²) in [5, 5.41) is 0. The van der Waals surface area contributed by atoms with E-state index in [-0.39, 0.29) is 0 Å². The highest BCUT2D eigenvalue weighted by Gasteiger charge is 2.26. The molecule has 1 nitrogen and oxygen atoms in total. The molecule has 1 heterocycles. The quantitative estimate of drug-likeness (QED) is 0.759. The molecule has 1 aliphatic carbocycles. The van der Waals surface area contributed by atoms with E-state index < -0.39 is 0 Å². The Morgan fingerprint density at radius 1 is 1.00 bits per heavy atom. The third-order valence-electron chi connectivity index (χ3n) is 4.64. The fraction of sp³-hybridized carbons (Fsp3) is 0.316. The predicted octanol–water partition coefficient (Wildman–Crippen LogP) is 4.42. The lowest BCUT2D eigenvalue weighted by Gasteiger charge is -2.27. The molecule has 4 rings (SSSR count). The number of hydrogen-bond acceptors (Lipinski definition) is 1. The van der Waals surface area contributed by atoms with Crippen molar-refractivity contribution in [3.63, 3.8) is 0 Å². The zero-order valence-corrected chi connectivity index (χ0v) is 11.9. The van der Waals surface area contributed by atoms with Gasteiger partial charge in [0.05, 0.1) is 6.04 Å². The smallest absolute Gasteiger partial charge is 0.0810 e. The Bertz CT molecular complexity index is 682. The molecule has 1 unspecified atom stereocenters. The van der Waals surface area contributed by atoms with Crippen molar-refractivity contribution in [1.29, 1.82) is 0 Å². The Balaban J connectivity index is 1.64. The van der Waals surface area contributed by atoms with Gasteiger partial charge in [0.2, 0.25) is 0 Å². The Morgan fingerprint density at radius 3 is 2.45 bits per heavy atom. The second kappa shape index (κ2) is 4.59. The fourth-order valence-electron chi connectivity index (χ4n) is 3.48. The van der Waals surface area contributed by atoms with Crippen molar-refractivity contribution in [3.05, 3.63) is 70.3 Å². The standard InChI is InChI=1S/C19H19N/c1-13-10-15-8-5-9-16(15)11-17(13)19-12-18(20-19)14-6-3-2-4-7-14/h2-4,6-7,10-11,19H,5,8-9,12H2,1H3. The first kappa shape index (κ1) is 11.9. The van der Waals surface area contributed by atoms with E-state index in [4.69, 9.17) is 4.99 Å². The van der Waals surface area contributed by atoms with Gasteiger partial charge in [0.25, 0.3) is 0 Å². The number of aryl methyl sites for hydroxylation is 3. The van der Waals surface area contributed by atoms with Gasteiger partial charge in [-0.3, -0.25) is 4.99 Å². The number of benzene rings is 2. The van der Waals surface area contributed by atoms with Crippen LogP contribution in [0.5, 0.6) is 0 Å². The van der Waals surface area contributed by atoms with Gasteiger partial charge in [0, 0.05) is 12.1 Å². The molecule has 20 heavy (non-hydrogen) atoms. The Labute approximate surface area is 120 Å². The SMILES string of the molecule is Cc1cc2c(cc1C1CC(c3ccccc3)=N1)CCC2. The zero-order valence-electron chi connectivity index (χ0n) is 11.9. The van der Waals surface area contributed by atoms with Crippen LogP contribution in [0.2, 0.25) is 0 Å². The third-order valence-corrected chi connectivity index (χ3v) is 4.64. The van der Waals surface area contributed by atoms with Crippen LogP contribution in [0.1, 0.15) is 46.7 Å². The zero-order chi connectivity index (χ0) is 13.5. The van der Waals surface area contributed by atoms with Gasteiger partial charge in [-0.1, -0.05) is 42.5 Å². The summed E-state index contributed by atoms with van der Waals surface area (Å²) in [6.07, 6.45) is 4.93. The lowest BCUT2D eigenvalue weighted by Crippen LogP contribution is -2.19. The maximum absolute atomic E-state index is 4.86. The largest absolute Gasteiger partial charge is 0.281 e. The first-order valence-electron chi connectivity index (χ1n) is 7.55. The van der Waals surface area contributed by atoms with Gasteiger partial charge in [-0.25, -0.2) is 0 Å². The molecule has 0 saturated heterocycles. The van der Waals surface area contributed by atoms with Crippen molar-refractivity contribution < 1.29 is 0 Å². The predicted molar refractivity (Wildman–Crippen MR) is 83.5 cm³/mol. The molecule has 2 aromatic rings. The summed E-state index contributed by atoms with van der Waals surface area (Å²) in [6.45, 7) is 2.24. The molecule has 0 N–H and O–H groups in total. The molecule has 0 spiro atoms. The monoisotopic (exact) mass is 261 g/mol. The number of hydrogen-bond donors (Lipinski definition) is 0. The summed E-state index contributed by atoms with van der Waals surface area (Å²) in [6, 6.07) is 15.8. The second-order valence-electron chi connectivity index (χ2n) is 5.99. The lowest BCUT2D eigenvalue weighted by molar-refractivity contribution is 0.692. The van der Waals surface area contributed by atoms with E-state index in [2.05, 4.69) is 49.4 Å². The number of nitrogens with zero attached hydrogens (tertiary/aromatic N) is 1. The Kier molecular flexibility index (Phi) is 2.73. The highest BCUT2D eigenvalue weighted by molar-refractivity contribution is 6.04. The van der Waals surface area contributed by atoms with Crippen molar-refractivity contribution >= 4 is 5.71 Å². The maximum Gasteiger partial charge on any atom is 0.0810 e. The highest BCUT2D eigenvalue weighted by Crippen LogP contribution is 2.37. The third kappa shape index (κ3) is 1.89. The van der Waals surface area contributed by atoms with Gasteiger partial charge in [-0.2, -0.15) is 0 Å². The van der Waals surface area contributed by atoms with Gasteiger partial charge in [0.15, 0.2) is 0 Å². The molecule has 0 bridgehead atoms. The van der Waals surface area contributed by atoms with Crippen molar-refractivity contribution in [1.82, 2.24) is 0 Å². The van der Waals surface area contributed by atoms with Crippen LogP contribution >= 0.6 is 0 Å². The first-order valence-corrected chi connectivity index (χ1v) is 7.55. The Morgan fingerprint density at radius 2 is 1.70 bits per heavy atom. The number of rotatable bonds is 2. The molecule has 1 atom stereocenters. The molecular formula is C19H19N. The van der Waals surface area contributed by atoms with E-state index in [9.17, 15) is 0 Å². The summed E-state index contributed by atoms with van der Waals surface area (Å²) >= 11 is 0. The molecule has 0 fully saturated rings. The van der Waals surface area contributed by atoms with E-state index in [1.807, 2.05) is 0 Å². The molecule has 1 heteroatoms. The molecule has 0 radical (unpaired) electrons. The van der Waals surface area contributed by atoms with E-state index >= 15 is 0 Å². The number of fused-ring (bicyclic) bond motifs is 1. The van der Waals surface area contributed by atoms with Crippen LogP contribution < -0.4 is 0 Å². The lowest BCUT2D eigenvalue weighted by atomic mass is 9.88. The fourth-order valence-corrected chi connectivity index (χ4v) is 3.48. The van der Waals surface area contributed by atoms with Crippen molar-refractivity contribution in [2.24, 2.45) is 4.99 Å². The molecular weight excluding hydrogens is 242 g/mol. The molecule has 100 valence electrons. The van der Waals surface area contributed by atoms with Gasteiger partial charge < -0.3 is 0 Å². The number of aliphatic imine (C=N–C) groups is 1. The summed E-state index contributed by atoms with van der Waals surface area (Å²) < 4.78 is 0. The van der Waals surface area contributed by atoms with E-state index in [0.717, 1.165) is 6.42 Å². The topological polar surface area (TPSA) is 12.4 Å². The summed E-state index contributed by atoms with van der Waals surface area (Å²) in [5.74, 6) is 0. The molecule has 0 saturated carbocycles. The molecule has 2 aromatic carbocycles. The van der Waals surface area contributed by atoms with Gasteiger partial charge >= 0.3 is 0 Å².